The summed E-state index contributed by atoms with van der Waals surface area (Å²) in [5.74, 6) is 0.496. The fraction of sp³-hybridized carbons (Fsp3) is 0.615. The lowest BCUT2D eigenvalue weighted by Gasteiger charge is -2.20. The fourth-order valence-corrected chi connectivity index (χ4v) is 2.88. The molecule has 7 heteroatoms. The van der Waals surface area contributed by atoms with Crippen molar-refractivity contribution >= 4 is 15.9 Å². The van der Waals surface area contributed by atoms with E-state index in [0.717, 1.165) is 19.3 Å². The molecular formula is C13H20N2O4S. The Morgan fingerprint density at radius 3 is 2.60 bits per heavy atom. The predicted molar refractivity (Wildman–Crippen MR) is 73.7 cm³/mol. The van der Waals surface area contributed by atoms with Crippen molar-refractivity contribution in [1.29, 1.82) is 0 Å². The Kier molecular flexibility index (Phi) is 4.19. The lowest BCUT2D eigenvalue weighted by atomic mass is 10.3. The lowest BCUT2D eigenvalue weighted by molar-refractivity contribution is 0.0714. The van der Waals surface area contributed by atoms with Gasteiger partial charge in [-0.2, -0.15) is 0 Å². The summed E-state index contributed by atoms with van der Waals surface area (Å²) >= 11 is 0. The zero-order valence-corrected chi connectivity index (χ0v) is 12.6. The number of carbonyl (C=O) groups is 1. The number of sulfonamides is 1. The molecule has 1 amide bonds. The quantitative estimate of drug-likeness (QED) is 0.861. The van der Waals surface area contributed by atoms with Crippen molar-refractivity contribution in [2.75, 3.05) is 13.1 Å². The minimum atomic E-state index is -3.86. The highest BCUT2D eigenvalue weighted by Gasteiger charge is 2.29. The predicted octanol–water partition coefficient (Wildman–Crippen LogP) is 1.50. The van der Waals surface area contributed by atoms with Gasteiger partial charge in [0.05, 0.1) is 0 Å². The zero-order valence-electron chi connectivity index (χ0n) is 11.8. The van der Waals surface area contributed by atoms with E-state index in [1.54, 1.807) is 4.90 Å². The van der Waals surface area contributed by atoms with Gasteiger partial charge in [0, 0.05) is 19.2 Å². The molecule has 1 aliphatic rings. The first-order valence-corrected chi connectivity index (χ1v) is 8.30. The van der Waals surface area contributed by atoms with Gasteiger partial charge in [-0.1, -0.05) is 6.92 Å². The Morgan fingerprint density at radius 2 is 2.15 bits per heavy atom. The summed E-state index contributed by atoms with van der Waals surface area (Å²) in [7, 11) is -3.86. The number of carbonyl (C=O) groups excluding carboxylic acids is 1. The minimum Gasteiger partial charge on any atom is -0.455 e. The van der Waals surface area contributed by atoms with E-state index in [9.17, 15) is 13.2 Å². The standard InChI is InChI=1S/C13H20N2O4S/c1-3-6-15(8-10-4-5-10)13(16)11-7-12(9(2)19-11)20(14,17)18/h7,10H,3-6,8H2,1-2H3,(H2,14,17,18). The Labute approximate surface area is 119 Å². The Hall–Kier alpha value is -1.34. The number of hydrogen-bond donors (Lipinski definition) is 1. The normalized spacial score (nSPS) is 15.3. The van der Waals surface area contributed by atoms with Crippen LogP contribution in [0.1, 0.15) is 42.5 Å². The summed E-state index contributed by atoms with van der Waals surface area (Å²) in [5.41, 5.74) is 0. The smallest absolute Gasteiger partial charge is 0.289 e. The maximum atomic E-state index is 12.4. The Bertz CT molecular complexity index is 602. The fourth-order valence-electron chi connectivity index (χ4n) is 2.17. The molecule has 0 bridgehead atoms. The van der Waals surface area contributed by atoms with E-state index in [1.807, 2.05) is 6.92 Å². The highest BCUT2D eigenvalue weighted by atomic mass is 32.2. The van der Waals surface area contributed by atoms with Gasteiger partial charge >= 0.3 is 0 Å². The maximum Gasteiger partial charge on any atom is 0.289 e. The highest BCUT2D eigenvalue weighted by molar-refractivity contribution is 7.89. The summed E-state index contributed by atoms with van der Waals surface area (Å²) in [6.07, 6.45) is 3.14. The third-order valence-corrected chi connectivity index (χ3v) is 4.36. The van der Waals surface area contributed by atoms with Crippen molar-refractivity contribution in [1.82, 2.24) is 4.90 Å². The molecule has 2 N–H and O–H groups in total. The van der Waals surface area contributed by atoms with Crippen LogP contribution in [0.25, 0.3) is 0 Å². The monoisotopic (exact) mass is 300 g/mol. The molecule has 0 radical (unpaired) electrons. The van der Waals surface area contributed by atoms with Crippen LogP contribution in [0.5, 0.6) is 0 Å². The average Bonchev–Trinajstić information content (AvgIpc) is 3.07. The van der Waals surface area contributed by atoms with Crippen molar-refractivity contribution in [2.45, 2.75) is 38.0 Å². The molecule has 20 heavy (non-hydrogen) atoms. The van der Waals surface area contributed by atoms with Gasteiger partial charge in [0.15, 0.2) is 5.76 Å². The van der Waals surface area contributed by atoms with E-state index >= 15 is 0 Å². The SMILES string of the molecule is CCCN(CC1CC1)C(=O)c1cc(S(N)(=O)=O)c(C)o1. The number of rotatable bonds is 6. The molecule has 6 nitrogen and oxygen atoms in total. The van der Waals surface area contributed by atoms with Crippen LogP contribution in [0, 0.1) is 12.8 Å². The lowest BCUT2D eigenvalue weighted by Crippen LogP contribution is -2.33. The summed E-state index contributed by atoms with van der Waals surface area (Å²) in [4.78, 5) is 14.0. The van der Waals surface area contributed by atoms with Crippen molar-refractivity contribution < 1.29 is 17.6 Å². The van der Waals surface area contributed by atoms with Crippen molar-refractivity contribution in [3.8, 4) is 0 Å². The van der Waals surface area contributed by atoms with E-state index in [1.165, 1.54) is 13.0 Å². The van der Waals surface area contributed by atoms with Gasteiger partial charge in [0.1, 0.15) is 10.7 Å². The molecular weight excluding hydrogens is 280 g/mol. The topological polar surface area (TPSA) is 93.6 Å². The van der Waals surface area contributed by atoms with Crippen LogP contribution in [0.3, 0.4) is 0 Å². The molecule has 0 saturated heterocycles. The van der Waals surface area contributed by atoms with Crippen LogP contribution in [0.15, 0.2) is 15.4 Å². The van der Waals surface area contributed by atoms with E-state index in [-0.39, 0.29) is 22.3 Å². The molecule has 1 aliphatic carbocycles. The molecule has 0 aliphatic heterocycles. The zero-order chi connectivity index (χ0) is 14.9. The number of hydrogen-bond acceptors (Lipinski definition) is 4. The first kappa shape index (κ1) is 15.1. The van der Waals surface area contributed by atoms with Crippen LogP contribution >= 0.6 is 0 Å². The number of aryl methyl sites for hydroxylation is 1. The number of primary sulfonamides is 1. The first-order valence-electron chi connectivity index (χ1n) is 6.75. The molecule has 1 aromatic rings. The molecule has 0 aromatic carbocycles. The number of furan rings is 1. The molecule has 0 spiro atoms. The average molecular weight is 300 g/mol. The number of nitrogens with zero attached hydrogens (tertiary/aromatic N) is 1. The molecule has 1 saturated carbocycles. The molecule has 2 rings (SSSR count). The van der Waals surface area contributed by atoms with Crippen LogP contribution in [-0.2, 0) is 10.0 Å². The van der Waals surface area contributed by atoms with Gasteiger partial charge in [0.2, 0.25) is 10.0 Å². The van der Waals surface area contributed by atoms with Gasteiger partial charge in [-0.15, -0.1) is 0 Å². The number of nitrogens with two attached hydrogens (primary N) is 1. The van der Waals surface area contributed by atoms with E-state index in [2.05, 4.69) is 0 Å². The van der Waals surface area contributed by atoms with Gasteiger partial charge in [-0.05, 0) is 32.1 Å². The molecule has 0 atom stereocenters. The van der Waals surface area contributed by atoms with Gasteiger partial charge in [0.25, 0.3) is 5.91 Å². The first-order chi connectivity index (χ1) is 9.32. The third-order valence-electron chi connectivity index (χ3n) is 3.35. The van der Waals surface area contributed by atoms with E-state index < -0.39 is 10.0 Å². The second-order valence-electron chi connectivity index (χ2n) is 5.27. The van der Waals surface area contributed by atoms with Crippen molar-refractivity contribution in [3.05, 3.63) is 17.6 Å². The molecule has 1 heterocycles. The summed E-state index contributed by atoms with van der Waals surface area (Å²) in [6, 6.07) is 1.22. The van der Waals surface area contributed by atoms with Crippen LogP contribution in [-0.4, -0.2) is 32.3 Å². The third kappa shape index (κ3) is 3.40. The molecule has 0 unspecified atom stereocenters. The van der Waals surface area contributed by atoms with E-state index in [0.29, 0.717) is 19.0 Å². The second kappa shape index (κ2) is 5.57. The summed E-state index contributed by atoms with van der Waals surface area (Å²) < 4.78 is 28.0. The van der Waals surface area contributed by atoms with Crippen molar-refractivity contribution in [3.63, 3.8) is 0 Å². The summed E-state index contributed by atoms with van der Waals surface area (Å²) in [5, 5.41) is 5.08. The molecule has 112 valence electrons. The van der Waals surface area contributed by atoms with Crippen LogP contribution in [0.2, 0.25) is 0 Å². The van der Waals surface area contributed by atoms with Gasteiger partial charge in [-0.25, -0.2) is 13.6 Å². The molecule has 1 fully saturated rings. The second-order valence-corrected chi connectivity index (χ2v) is 6.80. The van der Waals surface area contributed by atoms with E-state index in [4.69, 9.17) is 9.56 Å². The van der Waals surface area contributed by atoms with Crippen molar-refractivity contribution in [2.24, 2.45) is 11.1 Å². The Balaban J connectivity index is 2.22. The van der Waals surface area contributed by atoms with Gasteiger partial charge < -0.3 is 9.32 Å². The van der Waals surface area contributed by atoms with Crippen LogP contribution < -0.4 is 5.14 Å². The highest BCUT2D eigenvalue weighted by Crippen LogP contribution is 2.30. The van der Waals surface area contributed by atoms with Crippen LogP contribution in [0.4, 0.5) is 0 Å². The molecule has 1 aromatic heterocycles. The Morgan fingerprint density at radius 1 is 1.50 bits per heavy atom. The summed E-state index contributed by atoms with van der Waals surface area (Å²) in [6.45, 7) is 4.83. The minimum absolute atomic E-state index is 0.0422. The van der Waals surface area contributed by atoms with Gasteiger partial charge in [-0.3, -0.25) is 4.79 Å². The largest absolute Gasteiger partial charge is 0.455 e. The number of amides is 1. The maximum absolute atomic E-state index is 12.4.